The number of unbranched alkanes of at least 4 members (excludes halogenated alkanes) is 3. The number of aromatic hydroxyl groups is 1. The Bertz CT molecular complexity index is 1970. The van der Waals surface area contributed by atoms with Gasteiger partial charge in [-0.25, -0.2) is 9.78 Å². The number of aromatic nitrogens is 2. The molecule has 4 rings (SSSR count). The van der Waals surface area contributed by atoms with E-state index in [1.54, 1.807) is 31.3 Å². The average Bonchev–Trinajstić information content (AvgIpc) is 3.81. The van der Waals surface area contributed by atoms with Crippen molar-refractivity contribution in [2.75, 3.05) is 30.6 Å². The van der Waals surface area contributed by atoms with Gasteiger partial charge in [0.05, 0.1) is 17.6 Å². The predicted molar refractivity (Wildman–Crippen MR) is 194 cm³/mol. The highest BCUT2D eigenvalue weighted by Gasteiger charge is 2.38. The Morgan fingerprint density at radius 1 is 1.10 bits per heavy atom. The molecule has 3 aromatic rings. The number of hydrogen-bond donors (Lipinski definition) is 4. The van der Waals surface area contributed by atoms with E-state index in [0.717, 1.165) is 25.7 Å². The van der Waals surface area contributed by atoms with Gasteiger partial charge in [0.25, 0.3) is 20.1 Å². The molecular weight excluding hydrogens is 715 g/mol. The zero-order valence-corrected chi connectivity index (χ0v) is 31.4. The molecule has 2 aromatic heterocycles. The summed E-state index contributed by atoms with van der Waals surface area (Å²) in [7, 11) is -4.91. The largest absolute Gasteiger partial charge is 0.507 e. The molecular formula is C35H49N5O10S2. The van der Waals surface area contributed by atoms with Crippen molar-refractivity contribution in [1.82, 2.24) is 19.8 Å². The number of carbonyl (C=O) groups is 2. The maximum atomic E-state index is 13.5. The maximum Gasteiger partial charge on any atom is 0.343 e. The summed E-state index contributed by atoms with van der Waals surface area (Å²) in [6.45, 7) is 2.20. The Balaban J connectivity index is 1.28. The van der Waals surface area contributed by atoms with Gasteiger partial charge in [0, 0.05) is 69.8 Å². The lowest BCUT2D eigenvalue weighted by molar-refractivity contribution is -0.129. The second kappa shape index (κ2) is 18.0. The SMILES string of the molecule is CCC(CCNC(=O)CCCCCCC(=O)N(C)CCS(=O)(=O)O)c1cc(O)c(C(c2cccc(NS(=O)(=O)c3cn(C)cn3)c2)C2CC2)c(=O)o1. The van der Waals surface area contributed by atoms with Crippen LogP contribution < -0.4 is 15.7 Å². The number of imidazole rings is 1. The van der Waals surface area contributed by atoms with Crippen LogP contribution in [0.2, 0.25) is 0 Å². The average molecular weight is 764 g/mol. The molecule has 1 saturated carbocycles. The van der Waals surface area contributed by atoms with Gasteiger partial charge in [0.2, 0.25) is 11.8 Å². The first kappa shape index (κ1) is 40.5. The molecule has 0 radical (unpaired) electrons. The number of anilines is 1. The molecule has 2 amide bonds. The number of amides is 2. The van der Waals surface area contributed by atoms with Gasteiger partial charge in [-0.3, -0.25) is 18.9 Å². The van der Waals surface area contributed by atoms with Crippen molar-refractivity contribution >= 4 is 37.6 Å². The molecule has 1 aromatic carbocycles. The molecule has 0 aliphatic heterocycles. The van der Waals surface area contributed by atoms with Crippen LogP contribution in [0.4, 0.5) is 5.69 Å². The predicted octanol–water partition coefficient (Wildman–Crippen LogP) is 4.11. The van der Waals surface area contributed by atoms with Crippen LogP contribution in [0.5, 0.6) is 5.75 Å². The van der Waals surface area contributed by atoms with Gasteiger partial charge in [0.1, 0.15) is 11.5 Å². The Hall–Kier alpha value is -4.22. The maximum absolute atomic E-state index is 13.5. The minimum Gasteiger partial charge on any atom is -0.507 e. The summed E-state index contributed by atoms with van der Waals surface area (Å²) in [6, 6.07) is 8.24. The van der Waals surface area contributed by atoms with Crippen molar-refractivity contribution in [2.45, 2.75) is 88.0 Å². The van der Waals surface area contributed by atoms with Crippen LogP contribution in [0.1, 0.15) is 99.9 Å². The molecule has 17 heteroatoms. The van der Waals surface area contributed by atoms with Crippen LogP contribution in [0.25, 0.3) is 0 Å². The van der Waals surface area contributed by atoms with Gasteiger partial charge < -0.3 is 24.3 Å². The molecule has 2 unspecified atom stereocenters. The van der Waals surface area contributed by atoms with Gasteiger partial charge in [0.15, 0.2) is 5.03 Å². The summed E-state index contributed by atoms with van der Waals surface area (Å²) in [6.07, 6.45) is 8.85. The van der Waals surface area contributed by atoms with Crippen molar-refractivity contribution in [2.24, 2.45) is 13.0 Å². The number of benzene rings is 1. The molecule has 2 heterocycles. The van der Waals surface area contributed by atoms with Crippen LogP contribution >= 0.6 is 0 Å². The standard InChI is InChI=1S/C35H49N5O10S2/c1-4-24(16-17-36-30(42)12-7-5-6-8-13-32(43)40(3)18-19-51(45,46)47)29-21-28(41)34(35(44)50-29)33(25-14-15-25)26-10-9-11-27(20-26)38-52(48,49)31-22-39(2)23-37-31/h9-11,20-25,33,38,41H,4-8,12-19H2,1-3H3,(H,36,42)(H,45,46,47). The zero-order chi connectivity index (χ0) is 38.1. The third-order valence-electron chi connectivity index (χ3n) is 9.21. The molecule has 0 saturated heterocycles. The van der Waals surface area contributed by atoms with E-state index in [2.05, 4.69) is 15.0 Å². The first-order chi connectivity index (χ1) is 24.6. The highest BCUT2D eigenvalue weighted by atomic mass is 32.2. The number of carbonyl (C=O) groups excluding carboxylic acids is 2. The van der Waals surface area contributed by atoms with Crippen LogP contribution in [0.3, 0.4) is 0 Å². The van der Waals surface area contributed by atoms with Gasteiger partial charge in [-0.1, -0.05) is 31.9 Å². The molecule has 15 nitrogen and oxygen atoms in total. The Morgan fingerprint density at radius 2 is 1.81 bits per heavy atom. The van der Waals surface area contributed by atoms with Crippen LogP contribution in [0, 0.1) is 5.92 Å². The third kappa shape index (κ3) is 11.9. The lowest BCUT2D eigenvalue weighted by atomic mass is 9.86. The highest BCUT2D eigenvalue weighted by Crippen LogP contribution is 2.48. The molecule has 0 spiro atoms. The van der Waals surface area contributed by atoms with Crippen molar-refractivity contribution in [3.8, 4) is 5.75 Å². The fraction of sp³-hybridized carbons (Fsp3) is 0.543. The number of sulfonamides is 1. The second-order valence-corrected chi connectivity index (χ2v) is 16.6. The number of nitrogens with zero attached hydrogens (tertiary/aromatic N) is 3. The monoisotopic (exact) mass is 763 g/mol. The van der Waals surface area contributed by atoms with E-state index >= 15 is 0 Å². The van der Waals surface area contributed by atoms with E-state index < -0.39 is 37.4 Å². The normalized spacial score (nSPS) is 14.5. The van der Waals surface area contributed by atoms with E-state index in [0.29, 0.717) is 55.7 Å². The van der Waals surface area contributed by atoms with Crippen LogP contribution in [-0.4, -0.2) is 78.7 Å². The summed E-state index contributed by atoms with van der Waals surface area (Å²) < 4.78 is 66.1. The molecule has 1 fully saturated rings. The van der Waals surface area contributed by atoms with Crippen LogP contribution in [0.15, 0.2) is 57.1 Å². The molecule has 286 valence electrons. The fourth-order valence-electron chi connectivity index (χ4n) is 6.14. The second-order valence-electron chi connectivity index (χ2n) is 13.4. The summed E-state index contributed by atoms with van der Waals surface area (Å²) in [5.74, 6) is -1.34. The van der Waals surface area contributed by atoms with Gasteiger partial charge in [-0.2, -0.15) is 16.8 Å². The van der Waals surface area contributed by atoms with Crippen LogP contribution in [-0.2, 0) is 36.8 Å². The van der Waals surface area contributed by atoms with Crippen molar-refractivity contribution in [1.29, 1.82) is 0 Å². The molecule has 1 aliphatic rings. The van der Waals surface area contributed by atoms with E-state index in [-0.39, 0.29) is 53.0 Å². The summed E-state index contributed by atoms with van der Waals surface area (Å²) >= 11 is 0. The molecule has 1 aliphatic carbocycles. The topological polar surface area (TPSA) is 218 Å². The number of hydrogen-bond acceptors (Lipinski definition) is 10. The first-order valence-corrected chi connectivity index (χ1v) is 20.6. The molecule has 0 bridgehead atoms. The van der Waals surface area contributed by atoms with Crippen molar-refractivity contribution in [3.05, 3.63) is 70.2 Å². The highest BCUT2D eigenvalue weighted by molar-refractivity contribution is 7.92. The Labute approximate surface area is 304 Å². The Kier molecular flexibility index (Phi) is 14.0. The van der Waals surface area contributed by atoms with Crippen molar-refractivity contribution < 1.29 is 40.5 Å². The minimum atomic E-state index is -4.13. The van der Waals surface area contributed by atoms with Gasteiger partial charge >= 0.3 is 5.63 Å². The summed E-state index contributed by atoms with van der Waals surface area (Å²) in [4.78, 5) is 43.2. The molecule has 2 atom stereocenters. The van der Waals surface area contributed by atoms with Gasteiger partial charge in [-0.05, 0) is 62.1 Å². The van der Waals surface area contributed by atoms with E-state index in [4.69, 9.17) is 8.97 Å². The van der Waals surface area contributed by atoms with E-state index in [1.807, 2.05) is 6.92 Å². The van der Waals surface area contributed by atoms with Gasteiger partial charge in [-0.15, -0.1) is 0 Å². The Morgan fingerprint density at radius 3 is 2.42 bits per heavy atom. The van der Waals surface area contributed by atoms with E-state index in [9.17, 15) is 36.3 Å². The smallest absolute Gasteiger partial charge is 0.343 e. The summed E-state index contributed by atoms with van der Waals surface area (Å²) in [5, 5.41) is 14.0. The lowest BCUT2D eigenvalue weighted by Gasteiger charge is -2.20. The quantitative estimate of drug-likeness (QED) is 0.0894. The molecule has 52 heavy (non-hydrogen) atoms. The molecule has 4 N–H and O–H groups in total. The zero-order valence-electron chi connectivity index (χ0n) is 29.8. The fourth-order valence-corrected chi connectivity index (χ4v) is 7.67. The lowest BCUT2D eigenvalue weighted by Crippen LogP contribution is -2.31. The minimum absolute atomic E-state index is 0.0741. The third-order valence-corrected chi connectivity index (χ3v) is 11.2. The summed E-state index contributed by atoms with van der Waals surface area (Å²) in [5.41, 5.74) is 0.451. The number of rotatable bonds is 21. The van der Waals surface area contributed by atoms with E-state index in [1.165, 1.54) is 35.1 Å². The first-order valence-electron chi connectivity index (χ1n) is 17.5. The number of nitrogens with one attached hydrogen (secondary N) is 2. The number of aryl methyl sites for hydroxylation is 1. The van der Waals surface area contributed by atoms with Crippen molar-refractivity contribution in [3.63, 3.8) is 0 Å².